The number of amides is 1. The van der Waals surface area contributed by atoms with Crippen LogP contribution in [0.15, 0.2) is 48.5 Å². The van der Waals surface area contributed by atoms with E-state index in [-0.39, 0.29) is 5.91 Å². The van der Waals surface area contributed by atoms with E-state index < -0.39 is 0 Å². The van der Waals surface area contributed by atoms with Crippen LogP contribution in [0.4, 0.5) is 0 Å². The molecule has 0 bridgehead atoms. The molecule has 1 heterocycles. The summed E-state index contributed by atoms with van der Waals surface area (Å²) >= 11 is 0. The van der Waals surface area contributed by atoms with Crippen molar-refractivity contribution < 1.29 is 19.0 Å². The van der Waals surface area contributed by atoms with Gasteiger partial charge in [-0.1, -0.05) is 30.3 Å². The maximum atomic E-state index is 12.9. The van der Waals surface area contributed by atoms with Crippen molar-refractivity contribution in [2.45, 2.75) is 6.54 Å². The maximum Gasteiger partial charge on any atom is 0.254 e. The van der Waals surface area contributed by atoms with E-state index in [9.17, 15) is 4.79 Å². The zero-order valence-electron chi connectivity index (χ0n) is 13.7. The molecule has 0 N–H and O–H groups in total. The Labute approximate surface area is 141 Å². The number of fused-ring (bicyclic) bond motifs is 1. The fourth-order valence-electron chi connectivity index (χ4n) is 2.62. The van der Waals surface area contributed by atoms with E-state index in [1.54, 1.807) is 30.2 Å². The Morgan fingerprint density at radius 2 is 1.83 bits per heavy atom. The summed E-state index contributed by atoms with van der Waals surface area (Å²) in [6, 6.07) is 15.2. The van der Waals surface area contributed by atoms with Gasteiger partial charge in [-0.3, -0.25) is 4.79 Å². The van der Waals surface area contributed by atoms with E-state index in [1.165, 1.54) is 0 Å². The second-order valence-electron chi connectivity index (χ2n) is 5.56. The first-order valence-electron chi connectivity index (χ1n) is 7.99. The molecule has 1 amide bonds. The molecule has 0 saturated heterocycles. The highest BCUT2D eigenvalue weighted by Crippen LogP contribution is 2.31. The van der Waals surface area contributed by atoms with Crippen LogP contribution in [0.25, 0.3) is 0 Å². The van der Waals surface area contributed by atoms with Gasteiger partial charge in [-0.05, 0) is 23.8 Å². The number of ether oxygens (including phenoxy) is 3. The minimum Gasteiger partial charge on any atom is -0.486 e. The maximum absolute atomic E-state index is 12.9. The molecular weight excluding hydrogens is 306 g/mol. The summed E-state index contributed by atoms with van der Waals surface area (Å²) in [5.41, 5.74) is 1.67. The van der Waals surface area contributed by atoms with Gasteiger partial charge in [0.25, 0.3) is 5.91 Å². The SMILES string of the molecule is COCCN(Cc1ccccc1)C(=O)c1ccc2c(c1)OCCO2. The quantitative estimate of drug-likeness (QED) is 0.818. The van der Waals surface area contributed by atoms with Gasteiger partial charge < -0.3 is 19.1 Å². The Morgan fingerprint density at radius 1 is 1.08 bits per heavy atom. The number of hydrogen-bond donors (Lipinski definition) is 0. The number of benzene rings is 2. The largest absolute Gasteiger partial charge is 0.486 e. The van der Waals surface area contributed by atoms with E-state index in [2.05, 4.69) is 0 Å². The summed E-state index contributed by atoms with van der Waals surface area (Å²) in [7, 11) is 1.63. The third-order valence-corrected chi connectivity index (χ3v) is 3.86. The lowest BCUT2D eigenvalue weighted by Crippen LogP contribution is -2.33. The lowest BCUT2D eigenvalue weighted by Gasteiger charge is -2.24. The Morgan fingerprint density at radius 3 is 2.58 bits per heavy atom. The summed E-state index contributed by atoms with van der Waals surface area (Å²) in [5, 5.41) is 0. The van der Waals surface area contributed by atoms with Crippen molar-refractivity contribution in [3.63, 3.8) is 0 Å². The van der Waals surface area contributed by atoms with Gasteiger partial charge in [-0.15, -0.1) is 0 Å². The molecule has 0 saturated carbocycles. The first kappa shape index (κ1) is 16.3. The van der Waals surface area contributed by atoms with Gasteiger partial charge in [-0.25, -0.2) is 0 Å². The Bertz CT molecular complexity index is 687. The van der Waals surface area contributed by atoms with Crippen LogP contribution in [0.2, 0.25) is 0 Å². The number of nitrogens with zero attached hydrogens (tertiary/aromatic N) is 1. The van der Waals surface area contributed by atoms with Crippen molar-refractivity contribution in [3.8, 4) is 11.5 Å². The first-order chi connectivity index (χ1) is 11.8. The third kappa shape index (κ3) is 3.86. The van der Waals surface area contributed by atoms with Crippen LogP contribution in [-0.2, 0) is 11.3 Å². The van der Waals surface area contributed by atoms with Gasteiger partial charge >= 0.3 is 0 Å². The number of hydrogen-bond acceptors (Lipinski definition) is 4. The zero-order valence-corrected chi connectivity index (χ0v) is 13.7. The highest BCUT2D eigenvalue weighted by Gasteiger charge is 2.19. The van der Waals surface area contributed by atoms with Crippen molar-refractivity contribution >= 4 is 5.91 Å². The van der Waals surface area contributed by atoms with Gasteiger partial charge in [0, 0.05) is 25.8 Å². The van der Waals surface area contributed by atoms with Crippen molar-refractivity contribution in [2.75, 3.05) is 33.5 Å². The molecule has 0 aromatic heterocycles. The number of carbonyl (C=O) groups excluding carboxylic acids is 1. The number of carbonyl (C=O) groups is 1. The minimum absolute atomic E-state index is 0.0483. The molecule has 2 aromatic carbocycles. The van der Waals surface area contributed by atoms with Crippen LogP contribution in [-0.4, -0.2) is 44.3 Å². The lowest BCUT2D eigenvalue weighted by atomic mass is 10.1. The number of methoxy groups -OCH3 is 1. The predicted molar refractivity (Wildman–Crippen MR) is 90.5 cm³/mol. The van der Waals surface area contributed by atoms with E-state index >= 15 is 0 Å². The molecule has 3 rings (SSSR count). The highest BCUT2D eigenvalue weighted by atomic mass is 16.6. The smallest absolute Gasteiger partial charge is 0.254 e. The number of rotatable bonds is 6. The van der Waals surface area contributed by atoms with E-state index in [1.807, 2.05) is 30.3 Å². The van der Waals surface area contributed by atoms with Crippen LogP contribution < -0.4 is 9.47 Å². The summed E-state index contributed by atoms with van der Waals surface area (Å²) in [5.74, 6) is 1.26. The van der Waals surface area contributed by atoms with Crippen LogP contribution in [0.1, 0.15) is 15.9 Å². The standard InChI is InChI=1S/C19H21NO4/c1-22-10-9-20(14-15-5-3-2-4-6-15)19(21)16-7-8-17-18(13-16)24-12-11-23-17/h2-8,13H,9-12,14H2,1H3. The Hall–Kier alpha value is -2.53. The molecule has 0 atom stereocenters. The molecule has 0 radical (unpaired) electrons. The monoisotopic (exact) mass is 327 g/mol. The van der Waals surface area contributed by atoms with Gasteiger partial charge in [0.2, 0.25) is 0 Å². The molecule has 5 nitrogen and oxygen atoms in total. The second kappa shape index (κ2) is 7.84. The van der Waals surface area contributed by atoms with Crippen LogP contribution in [0, 0.1) is 0 Å². The predicted octanol–water partition coefficient (Wildman–Crippen LogP) is 2.75. The fourth-order valence-corrected chi connectivity index (χ4v) is 2.62. The van der Waals surface area contributed by atoms with Crippen molar-refractivity contribution in [1.82, 2.24) is 4.90 Å². The molecule has 24 heavy (non-hydrogen) atoms. The first-order valence-corrected chi connectivity index (χ1v) is 7.99. The summed E-state index contributed by atoms with van der Waals surface area (Å²) in [4.78, 5) is 14.7. The van der Waals surface area contributed by atoms with Crippen molar-refractivity contribution in [2.24, 2.45) is 0 Å². The highest BCUT2D eigenvalue weighted by molar-refractivity contribution is 5.95. The summed E-state index contributed by atoms with van der Waals surface area (Å²) in [6.45, 7) is 2.59. The molecule has 0 unspecified atom stereocenters. The van der Waals surface area contributed by atoms with Gasteiger partial charge in [-0.2, -0.15) is 0 Å². The minimum atomic E-state index is -0.0483. The summed E-state index contributed by atoms with van der Waals surface area (Å²) in [6.07, 6.45) is 0. The summed E-state index contributed by atoms with van der Waals surface area (Å²) < 4.78 is 16.2. The van der Waals surface area contributed by atoms with E-state index in [4.69, 9.17) is 14.2 Å². The van der Waals surface area contributed by atoms with Gasteiger partial charge in [0.05, 0.1) is 6.61 Å². The van der Waals surface area contributed by atoms with Gasteiger partial charge in [0.15, 0.2) is 11.5 Å². The van der Waals surface area contributed by atoms with Crippen LogP contribution in [0.3, 0.4) is 0 Å². The molecule has 2 aromatic rings. The Balaban J connectivity index is 1.79. The Kier molecular flexibility index (Phi) is 5.33. The fraction of sp³-hybridized carbons (Fsp3) is 0.316. The third-order valence-electron chi connectivity index (χ3n) is 3.86. The average molecular weight is 327 g/mol. The van der Waals surface area contributed by atoms with E-state index in [0.717, 1.165) is 5.56 Å². The topological polar surface area (TPSA) is 48.0 Å². The average Bonchev–Trinajstić information content (AvgIpc) is 2.65. The molecule has 126 valence electrons. The molecule has 0 spiro atoms. The lowest BCUT2D eigenvalue weighted by molar-refractivity contribution is 0.0679. The molecule has 1 aliphatic heterocycles. The molecule has 0 aliphatic carbocycles. The normalized spacial score (nSPS) is 12.7. The molecule has 0 fully saturated rings. The molecular formula is C19H21NO4. The zero-order chi connectivity index (χ0) is 16.8. The van der Waals surface area contributed by atoms with Gasteiger partial charge in [0.1, 0.15) is 13.2 Å². The molecule has 5 heteroatoms. The van der Waals surface area contributed by atoms with Crippen LogP contribution in [0.5, 0.6) is 11.5 Å². The molecule has 1 aliphatic rings. The second-order valence-corrected chi connectivity index (χ2v) is 5.56. The van der Waals surface area contributed by atoms with Crippen molar-refractivity contribution in [1.29, 1.82) is 0 Å². The van der Waals surface area contributed by atoms with Crippen molar-refractivity contribution in [3.05, 3.63) is 59.7 Å². The van der Waals surface area contributed by atoms with Crippen LogP contribution >= 0.6 is 0 Å². The van der Waals surface area contributed by atoms with E-state index in [0.29, 0.717) is 50.0 Å².